The number of allylic oxidation sites excluding steroid dienone is 4. The molecule has 8 nitrogen and oxygen atoms in total. The van der Waals surface area contributed by atoms with Gasteiger partial charge in [-0.25, -0.2) is 22.0 Å². The van der Waals surface area contributed by atoms with Gasteiger partial charge in [0.05, 0.1) is 23.1 Å². The second-order valence-electron chi connectivity index (χ2n) is 7.89. The Balaban J connectivity index is 1.91. The molecule has 1 fully saturated rings. The second kappa shape index (κ2) is 10.5. The number of carbonyl (C=O) groups excluding carboxylic acids is 1. The van der Waals surface area contributed by atoms with E-state index < -0.39 is 45.5 Å². The fraction of sp³-hybridized carbons (Fsp3) is 0.381. The van der Waals surface area contributed by atoms with Crippen LogP contribution < -0.4 is 0 Å². The molecule has 0 aliphatic carbocycles. The lowest BCUT2D eigenvalue weighted by molar-refractivity contribution is -0.156. The Morgan fingerprint density at radius 3 is 2.39 bits per heavy atom. The summed E-state index contributed by atoms with van der Waals surface area (Å²) in [4.78, 5) is 15.6. The maximum atomic E-state index is 14.9. The van der Waals surface area contributed by atoms with Crippen molar-refractivity contribution in [1.82, 2.24) is 20.0 Å². The van der Waals surface area contributed by atoms with Gasteiger partial charge in [0.2, 0.25) is 5.89 Å². The van der Waals surface area contributed by atoms with Gasteiger partial charge in [-0.2, -0.15) is 13.2 Å². The number of amides is 2. The molecule has 1 aromatic heterocycles. The molecule has 0 spiro atoms. The van der Waals surface area contributed by atoms with Crippen molar-refractivity contribution in [1.29, 1.82) is 0 Å². The Bertz CT molecular complexity index is 1310. The first kappa shape index (κ1) is 27.6. The quantitative estimate of drug-likeness (QED) is 0.386. The molecule has 0 atom stereocenters. The van der Waals surface area contributed by atoms with Gasteiger partial charge in [-0.05, 0) is 32.1 Å². The number of carbonyl (C=O) groups is 1. The highest BCUT2D eigenvalue weighted by atomic mass is 35.5. The minimum absolute atomic E-state index is 0.0443. The molecule has 0 unspecified atom stereocenters. The van der Waals surface area contributed by atoms with Crippen molar-refractivity contribution < 1.29 is 39.6 Å². The molecule has 1 saturated heterocycles. The van der Waals surface area contributed by atoms with Crippen LogP contribution in [-0.4, -0.2) is 59.0 Å². The minimum atomic E-state index is -4.87. The average molecular weight is 555 g/mol. The van der Waals surface area contributed by atoms with Crippen molar-refractivity contribution in [3.05, 3.63) is 58.1 Å². The first-order valence-corrected chi connectivity index (χ1v) is 12.5. The third kappa shape index (κ3) is 6.60. The van der Waals surface area contributed by atoms with E-state index in [2.05, 4.69) is 14.6 Å². The van der Waals surface area contributed by atoms with Crippen molar-refractivity contribution in [2.75, 3.05) is 24.6 Å². The summed E-state index contributed by atoms with van der Waals surface area (Å²) in [6, 6.07) is 2.67. The van der Waals surface area contributed by atoms with E-state index >= 15 is 0 Å². The molecule has 15 heteroatoms. The number of alkyl halides is 3. The zero-order valence-corrected chi connectivity index (χ0v) is 20.5. The molecule has 0 N–H and O–H groups in total. The minimum Gasteiger partial charge on any atom is -0.413 e. The molecule has 2 amide bonds. The number of hydrogen-bond acceptors (Lipinski definition) is 6. The molecule has 196 valence electrons. The molecular weight excluding hydrogens is 535 g/mol. The van der Waals surface area contributed by atoms with E-state index in [0.29, 0.717) is 0 Å². The zero-order chi connectivity index (χ0) is 26.8. The van der Waals surface area contributed by atoms with Crippen LogP contribution in [-0.2, 0) is 22.6 Å². The monoisotopic (exact) mass is 554 g/mol. The fourth-order valence-electron chi connectivity index (χ4n) is 3.21. The lowest BCUT2D eigenvalue weighted by atomic mass is 10.1. The van der Waals surface area contributed by atoms with Gasteiger partial charge in [0, 0.05) is 29.9 Å². The zero-order valence-electron chi connectivity index (χ0n) is 18.9. The number of nitrogens with zero attached hydrogens (tertiary/aromatic N) is 4. The number of aromatic nitrogens is 2. The van der Waals surface area contributed by atoms with Gasteiger partial charge in [-0.1, -0.05) is 17.7 Å². The summed E-state index contributed by atoms with van der Waals surface area (Å²) in [7, 11) is -3.29. The van der Waals surface area contributed by atoms with Crippen LogP contribution in [0, 0.1) is 5.82 Å². The number of rotatable bonds is 5. The van der Waals surface area contributed by atoms with Crippen LogP contribution >= 0.6 is 11.6 Å². The molecule has 1 aromatic carbocycles. The van der Waals surface area contributed by atoms with Gasteiger partial charge < -0.3 is 9.32 Å². The highest BCUT2D eigenvalue weighted by molar-refractivity contribution is 7.91. The first-order valence-electron chi connectivity index (χ1n) is 10.3. The van der Waals surface area contributed by atoms with Crippen molar-refractivity contribution in [2.24, 2.45) is 0 Å². The molecule has 36 heavy (non-hydrogen) atoms. The van der Waals surface area contributed by atoms with E-state index in [1.807, 2.05) is 0 Å². The number of benzene rings is 1. The molecular formula is C21H20ClF5N4O4S. The van der Waals surface area contributed by atoms with Gasteiger partial charge in [0.15, 0.2) is 9.84 Å². The van der Waals surface area contributed by atoms with E-state index in [0.717, 1.165) is 17.9 Å². The first-order chi connectivity index (χ1) is 16.7. The molecule has 1 aliphatic heterocycles. The summed E-state index contributed by atoms with van der Waals surface area (Å²) in [6.45, 7) is 2.00. The van der Waals surface area contributed by atoms with E-state index in [9.17, 15) is 35.2 Å². The summed E-state index contributed by atoms with van der Waals surface area (Å²) in [6.07, 6.45) is -3.70. The van der Waals surface area contributed by atoms with Gasteiger partial charge >= 0.3 is 18.1 Å². The molecule has 3 rings (SSSR count). The van der Waals surface area contributed by atoms with Crippen molar-refractivity contribution in [3.8, 4) is 11.5 Å². The van der Waals surface area contributed by atoms with Crippen LogP contribution in [0.4, 0.5) is 26.7 Å². The molecule has 0 saturated carbocycles. The maximum absolute atomic E-state index is 14.9. The third-order valence-electron chi connectivity index (χ3n) is 5.23. The summed E-state index contributed by atoms with van der Waals surface area (Å²) < 4.78 is 94.6. The Morgan fingerprint density at radius 2 is 1.86 bits per heavy atom. The van der Waals surface area contributed by atoms with Gasteiger partial charge in [-0.15, -0.1) is 10.2 Å². The van der Waals surface area contributed by atoms with Gasteiger partial charge in [0.25, 0.3) is 0 Å². The summed E-state index contributed by atoms with van der Waals surface area (Å²) >= 11 is 5.86. The smallest absolute Gasteiger partial charge is 0.413 e. The van der Waals surface area contributed by atoms with Gasteiger partial charge in [-0.3, -0.25) is 4.90 Å². The Kier molecular flexibility index (Phi) is 8.08. The van der Waals surface area contributed by atoms with E-state index in [4.69, 9.17) is 11.6 Å². The number of sulfone groups is 1. The lowest BCUT2D eigenvalue weighted by Crippen LogP contribution is -2.49. The predicted molar refractivity (Wildman–Crippen MR) is 119 cm³/mol. The number of halogens is 6. The van der Waals surface area contributed by atoms with E-state index in [-0.39, 0.29) is 53.0 Å². The maximum Gasteiger partial charge on any atom is 0.470 e. The van der Waals surface area contributed by atoms with Crippen molar-refractivity contribution in [2.45, 2.75) is 26.6 Å². The molecule has 0 radical (unpaired) electrons. The highest BCUT2D eigenvalue weighted by Crippen LogP contribution is 2.31. The average Bonchev–Trinajstić information content (AvgIpc) is 3.28. The lowest BCUT2D eigenvalue weighted by Gasteiger charge is -2.33. The molecule has 2 heterocycles. The van der Waals surface area contributed by atoms with Crippen LogP contribution in [0.1, 0.15) is 25.3 Å². The fourth-order valence-corrected chi connectivity index (χ4v) is 4.57. The van der Waals surface area contributed by atoms with Crippen LogP contribution in [0.2, 0.25) is 0 Å². The van der Waals surface area contributed by atoms with Crippen LogP contribution in [0.25, 0.3) is 11.5 Å². The molecule has 2 aromatic rings. The topological polar surface area (TPSA) is 96.6 Å². The third-order valence-corrected chi connectivity index (χ3v) is 7.21. The Hall–Kier alpha value is -3.00. The van der Waals surface area contributed by atoms with Crippen LogP contribution in [0.3, 0.4) is 0 Å². The van der Waals surface area contributed by atoms with Crippen LogP contribution in [0.5, 0.6) is 0 Å². The summed E-state index contributed by atoms with van der Waals surface area (Å²) in [5.74, 6) is -4.24. The molecule has 0 bridgehead atoms. The van der Waals surface area contributed by atoms with E-state index in [1.54, 1.807) is 0 Å². The normalized spacial score (nSPS) is 17.1. The number of urea groups is 1. The number of hydrogen-bond donors (Lipinski definition) is 0. The SMILES string of the molecule is C/C(F)=C(Cl)\C=C(/C)N(Cc1ccc(-c2nnc(C(F)(F)F)o2)cc1F)C(=O)N1CCS(=O)(=O)CC1. The largest absolute Gasteiger partial charge is 0.470 e. The van der Waals surface area contributed by atoms with E-state index in [1.165, 1.54) is 30.0 Å². The van der Waals surface area contributed by atoms with Gasteiger partial charge in [0.1, 0.15) is 11.6 Å². The van der Waals surface area contributed by atoms with Crippen molar-refractivity contribution in [3.63, 3.8) is 0 Å². The Labute approximate surface area is 207 Å². The summed E-state index contributed by atoms with van der Waals surface area (Å²) in [5.41, 5.74) is -0.0209. The van der Waals surface area contributed by atoms with Crippen molar-refractivity contribution >= 4 is 27.5 Å². The standard InChI is InChI=1S/C21H20ClF5N4O4S/c1-12(9-16(22)13(2)23)31(20(32)30-5-7-36(33,34)8-6-30)11-15-4-3-14(10-17(15)24)18-28-29-19(35-18)21(25,26)27/h3-4,9-10H,5-8,11H2,1-2H3/b12-9+,16-13-. The summed E-state index contributed by atoms with van der Waals surface area (Å²) in [5, 5.41) is 5.88. The second-order valence-corrected chi connectivity index (χ2v) is 10.6. The molecule has 1 aliphatic rings. The van der Waals surface area contributed by atoms with Crippen LogP contribution in [0.15, 0.2) is 45.2 Å². The Morgan fingerprint density at radius 1 is 1.22 bits per heavy atom. The predicted octanol–water partition coefficient (Wildman–Crippen LogP) is 4.89. The highest BCUT2D eigenvalue weighted by Gasteiger charge is 2.38.